The Morgan fingerprint density at radius 1 is 1.47 bits per heavy atom. The number of aliphatic hydroxyl groups is 1. The van der Waals surface area contributed by atoms with Crippen LogP contribution in [-0.4, -0.2) is 53.1 Å². The van der Waals surface area contributed by atoms with E-state index in [1.807, 2.05) is 6.92 Å². The highest BCUT2D eigenvalue weighted by Crippen LogP contribution is 2.25. The second-order valence-electron chi connectivity index (χ2n) is 4.15. The maximum Gasteiger partial charge on any atom is 0.407 e. The zero-order chi connectivity index (χ0) is 11.3. The van der Waals surface area contributed by atoms with E-state index in [1.54, 1.807) is 0 Å². The van der Waals surface area contributed by atoms with Gasteiger partial charge in [0.05, 0.1) is 5.60 Å². The zero-order valence-corrected chi connectivity index (χ0v) is 9.11. The lowest BCUT2D eigenvalue weighted by atomic mass is 9.93. The van der Waals surface area contributed by atoms with Crippen molar-refractivity contribution in [1.29, 1.82) is 0 Å². The molecular formula is C10H19NO4. The molecule has 0 saturated carbocycles. The highest BCUT2D eigenvalue weighted by molar-refractivity contribution is 5.65. The monoisotopic (exact) mass is 217 g/mol. The molecule has 1 amide bonds. The number of carboxylic acid groups (broad SMARTS) is 1. The summed E-state index contributed by atoms with van der Waals surface area (Å²) < 4.78 is 5.66. The number of rotatable bonds is 4. The van der Waals surface area contributed by atoms with Crippen molar-refractivity contribution in [3.05, 3.63) is 0 Å². The molecule has 1 fully saturated rings. The molecule has 0 aromatic heterocycles. The van der Waals surface area contributed by atoms with Crippen molar-refractivity contribution in [2.75, 3.05) is 26.3 Å². The van der Waals surface area contributed by atoms with E-state index < -0.39 is 6.09 Å². The summed E-state index contributed by atoms with van der Waals surface area (Å²) in [5.41, 5.74) is -0.221. The number of carbonyl (C=O) groups is 1. The molecule has 2 N–H and O–H groups in total. The van der Waals surface area contributed by atoms with E-state index >= 15 is 0 Å². The predicted molar refractivity (Wildman–Crippen MR) is 54.9 cm³/mol. The Morgan fingerprint density at radius 3 is 2.53 bits per heavy atom. The summed E-state index contributed by atoms with van der Waals surface area (Å²) in [6, 6.07) is 0. The third-order valence-corrected chi connectivity index (χ3v) is 2.84. The summed E-state index contributed by atoms with van der Waals surface area (Å²) in [4.78, 5) is 12.1. The van der Waals surface area contributed by atoms with Gasteiger partial charge in [0.2, 0.25) is 0 Å². The van der Waals surface area contributed by atoms with Crippen LogP contribution in [0.2, 0.25) is 0 Å². The van der Waals surface area contributed by atoms with E-state index in [0.29, 0.717) is 26.1 Å². The van der Waals surface area contributed by atoms with E-state index in [-0.39, 0.29) is 12.2 Å². The topological polar surface area (TPSA) is 70.0 Å². The van der Waals surface area contributed by atoms with Crippen molar-refractivity contribution in [2.45, 2.75) is 31.8 Å². The first-order valence-corrected chi connectivity index (χ1v) is 5.30. The third-order valence-electron chi connectivity index (χ3n) is 2.84. The average Bonchev–Trinajstić information content (AvgIpc) is 2.18. The summed E-state index contributed by atoms with van der Waals surface area (Å²) in [7, 11) is 0. The van der Waals surface area contributed by atoms with Gasteiger partial charge in [-0.1, -0.05) is 0 Å². The van der Waals surface area contributed by atoms with Gasteiger partial charge in [-0.15, -0.1) is 0 Å². The van der Waals surface area contributed by atoms with Gasteiger partial charge in [-0.3, -0.25) is 0 Å². The Balaban J connectivity index is 2.30. The van der Waals surface area contributed by atoms with Gasteiger partial charge in [-0.25, -0.2) is 4.79 Å². The van der Waals surface area contributed by atoms with Gasteiger partial charge in [0, 0.05) is 26.3 Å². The molecule has 0 radical (unpaired) electrons. The molecule has 0 spiro atoms. The Labute approximate surface area is 89.6 Å². The van der Waals surface area contributed by atoms with Crippen LogP contribution in [0.5, 0.6) is 0 Å². The molecule has 1 heterocycles. The molecule has 1 aliphatic rings. The van der Waals surface area contributed by atoms with E-state index in [4.69, 9.17) is 14.9 Å². The maximum absolute atomic E-state index is 10.7. The summed E-state index contributed by atoms with van der Waals surface area (Å²) in [5, 5.41) is 17.4. The van der Waals surface area contributed by atoms with Crippen LogP contribution in [0.15, 0.2) is 0 Å². The molecule has 5 nitrogen and oxygen atoms in total. The number of hydrogen-bond donors (Lipinski definition) is 2. The second-order valence-corrected chi connectivity index (χ2v) is 4.15. The number of piperidine rings is 1. The molecule has 1 rings (SSSR count). The first-order valence-electron chi connectivity index (χ1n) is 5.30. The van der Waals surface area contributed by atoms with E-state index in [2.05, 4.69) is 0 Å². The van der Waals surface area contributed by atoms with Gasteiger partial charge >= 0.3 is 6.09 Å². The van der Waals surface area contributed by atoms with Gasteiger partial charge in [0.15, 0.2) is 0 Å². The first kappa shape index (κ1) is 12.3. The van der Waals surface area contributed by atoms with Gasteiger partial charge in [0.25, 0.3) is 0 Å². The molecule has 0 aromatic rings. The smallest absolute Gasteiger partial charge is 0.407 e. The largest absolute Gasteiger partial charge is 0.465 e. The highest BCUT2D eigenvalue weighted by atomic mass is 16.5. The fraction of sp³-hybridized carbons (Fsp3) is 0.900. The van der Waals surface area contributed by atoms with Crippen LogP contribution in [0.3, 0.4) is 0 Å². The summed E-state index contributed by atoms with van der Waals surface area (Å²) in [5.74, 6) is 0. The zero-order valence-electron chi connectivity index (χ0n) is 9.11. The first-order chi connectivity index (χ1) is 7.07. The second kappa shape index (κ2) is 5.32. The van der Waals surface area contributed by atoms with Crippen LogP contribution in [0.4, 0.5) is 4.79 Å². The minimum absolute atomic E-state index is 0.136. The summed E-state index contributed by atoms with van der Waals surface area (Å²) in [6.07, 6.45) is 1.24. The normalized spacial score (nSPS) is 20.3. The molecular weight excluding hydrogens is 198 g/mol. The summed E-state index contributed by atoms with van der Waals surface area (Å²) in [6.45, 7) is 3.75. The third kappa shape index (κ3) is 3.68. The van der Waals surface area contributed by atoms with Crippen molar-refractivity contribution < 1.29 is 19.7 Å². The van der Waals surface area contributed by atoms with Crippen molar-refractivity contribution in [3.8, 4) is 0 Å². The number of aliphatic hydroxyl groups excluding tert-OH is 1. The number of ether oxygens (including phenoxy) is 1. The summed E-state index contributed by atoms with van der Waals surface area (Å²) >= 11 is 0. The Morgan fingerprint density at radius 2 is 2.07 bits per heavy atom. The molecule has 1 aliphatic heterocycles. The van der Waals surface area contributed by atoms with E-state index in [9.17, 15) is 4.79 Å². The molecule has 0 unspecified atom stereocenters. The molecule has 0 aromatic carbocycles. The van der Waals surface area contributed by atoms with Crippen LogP contribution in [0, 0.1) is 0 Å². The number of nitrogens with zero attached hydrogens (tertiary/aromatic N) is 1. The number of hydrogen-bond acceptors (Lipinski definition) is 3. The molecule has 88 valence electrons. The van der Waals surface area contributed by atoms with Crippen molar-refractivity contribution in [2.24, 2.45) is 0 Å². The Hall–Kier alpha value is -0.810. The lowest BCUT2D eigenvalue weighted by molar-refractivity contribution is -0.0703. The van der Waals surface area contributed by atoms with Crippen molar-refractivity contribution >= 4 is 6.09 Å². The Bertz CT molecular complexity index is 211. The molecule has 1 saturated heterocycles. The SMILES string of the molecule is CC1(OCCCO)CCN(C(=O)O)CC1. The predicted octanol–water partition coefficient (Wildman–Crippen LogP) is 0.918. The van der Waals surface area contributed by atoms with Crippen LogP contribution in [-0.2, 0) is 4.74 Å². The maximum atomic E-state index is 10.7. The lowest BCUT2D eigenvalue weighted by Crippen LogP contribution is -2.46. The Kier molecular flexibility index (Phi) is 4.35. The lowest BCUT2D eigenvalue weighted by Gasteiger charge is -2.38. The molecule has 0 aliphatic carbocycles. The molecule has 0 bridgehead atoms. The minimum Gasteiger partial charge on any atom is -0.465 e. The number of amides is 1. The highest BCUT2D eigenvalue weighted by Gasteiger charge is 2.32. The van der Waals surface area contributed by atoms with Gasteiger partial charge in [-0.05, 0) is 26.2 Å². The van der Waals surface area contributed by atoms with Gasteiger partial charge in [-0.2, -0.15) is 0 Å². The van der Waals surface area contributed by atoms with Crippen LogP contribution >= 0.6 is 0 Å². The van der Waals surface area contributed by atoms with E-state index in [1.165, 1.54) is 4.90 Å². The minimum atomic E-state index is -0.854. The molecule has 5 heteroatoms. The molecule has 0 atom stereocenters. The standard InChI is InChI=1S/C10H19NO4/c1-10(15-8-2-7-12)3-5-11(6-4-10)9(13)14/h12H,2-8H2,1H3,(H,13,14). The van der Waals surface area contributed by atoms with Crippen LogP contribution < -0.4 is 0 Å². The molecule has 15 heavy (non-hydrogen) atoms. The number of likely N-dealkylation sites (tertiary alicyclic amines) is 1. The fourth-order valence-electron chi connectivity index (χ4n) is 1.70. The average molecular weight is 217 g/mol. The van der Waals surface area contributed by atoms with E-state index in [0.717, 1.165) is 12.8 Å². The van der Waals surface area contributed by atoms with Crippen molar-refractivity contribution in [3.63, 3.8) is 0 Å². The van der Waals surface area contributed by atoms with Gasteiger partial charge in [0.1, 0.15) is 0 Å². The fourth-order valence-corrected chi connectivity index (χ4v) is 1.70. The van der Waals surface area contributed by atoms with Crippen LogP contribution in [0.25, 0.3) is 0 Å². The van der Waals surface area contributed by atoms with Crippen LogP contribution in [0.1, 0.15) is 26.2 Å². The van der Waals surface area contributed by atoms with Crippen molar-refractivity contribution in [1.82, 2.24) is 4.90 Å². The quantitative estimate of drug-likeness (QED) is 0.687. The van der Waals surface area contributed by atoms with Gasteiger partial charge < -0.3 is 19.8 Å².